The van der Waals surface area contributed by atoms with Gasteiger partial charge in [0.2, 0.25) is 10.0 Å². The van der Waals surface area contributed by atoms with E-state index in [0.717, 1.165) is 0 Å². The van der Waals surface area contributed by atoms with Crippen molar-refractivity contribution in [1.29, 1.82) is 0 Å². The van der Waals surface area contributed by atoms with Gasteiger partial charge in [-0.2, -0.15) is 0 Å². The SMILES string of the molecule is C#CCSCCNS(=O)(=O)c1cccc(C(C)=O)c1. The molecule has 0 bridgehead atoms. The second-order valence-electron chi connectivity index (χ2n) is 3.74. The molecule has 102 valence electrons. The molecule has 1 aromatic carbocycles. The highest BCUT2D eigenvalue weighted by molar-refractivity contribution is 7.99. The lowest BCUT2D eigenvalue weighted by atomic mass is 10.2. The molecule has 0 saturated heterocycles. The molecule has 0 amide bonds. The van der Waals surface area contributed by atoms with Crippen LogP contribution in [0.2, 0.25) is 0 Å². The van der Waals surface area contributed by atoms with Crippen molar-refractivity contribution >= 4 is 27.6 Å². The Morgan fingerprint density at radius 1 is 1.47 bits per heavy atom. The summed E-state index contributed by atoms with van der Waals surface area (Å²) in [6, 6.07) is 5.98. The van der Waals surface area contributed by atoms with Crippen LogP contribution in [-0.4, -0.2) is 32.3 Å². The molecule has 19 heavy (non-hydrogen) atoms. The summed E-state index contributed by atoms with van der Waals surface area (Å²) in [6.45, 7) is 1.70. The zero-order valence-electron chi connectivity index (χ0n) is 10.5. The Morgan fingerprint density at radius 2 is 2.21 bits per heavy atom. The zero-order valence-corrected chi connectivity index (χ0v) is 12.2. The van der Waals surface area contributed by atoms with Gasteiger partial charge in [-0.1, -0.05) is 18.1 Å². The molecule has 0 radical (unpaired) electrons. The summed E-state index contributed by atoms with van der Waals surface area (Å²) in [4.78, 5) is 11.3. The maximum absolute atomic E-state index is 12.0. The highest BCUT2D eigenvalue weighted by Gasteiger charge is 2.14. The molecule has 6 heteroatoms. The van der Waals surface area contributed by atoms with Gasteiger partial charge in [0.25, 0.3) is 0 Å². The predicted octanol–water partition coefficient (Wildman–Crippen LogP) is 1.53. The van der Waals surface area contributed by atoms with Crippen LogP contribution in [0.1, 0.15) is 17.3 Å². The lowest BCUT2D eigenvalue weighted by molar-refractivity contribution is 0.101. The lowest BCUT2D eigenvalue weighted by Gasteiger charge is -2.07. The Hall–Kier alpha value is -1.29. The minimum absolute atomic E-state index is 0.0992. The molecule has 4 nitrogen and oxygen atoms in total. The monoisotopic (exact) mass is 297 g/mol. The zero-order chi connectivity index (χ0) is 14.3. The van der Waals surface area contributed by atoms with Crippen LogP contribution >= 0.6 is 11.8 Å². The van der Waals surface area contributed by atoms with E-state index in [0.29, 0.717) is 23.6 Å². The van der Waals surface area contributed by atoms with E-state index in [1.165, 1.54) is 30.8 Å². The normalized spacial score (nSPS) is 10.9. The summed E-state index contributed by atoms with van der Waals surface area (Å²) in [5.41, 5.74) is 0.379. The van der Waals surface area contributed by atoms with Crippen molar-refractivity contribution in [2.75, 3.05) is 18.1 Å². The number of carbonyl (C=O) groups is 1. The van der Waals surface area contributed by atoms with Crippen LogP contribution in [0.3, 0.4) is 0 Å². The number of hydrogen-bond donors (Lipinski definition) is 1. The summed E-state index contributed by atoms with van der Waals surface area (Å²) in [7, 11) is -3.57. The minimum atomic E-state index is -3.57. The Labute approximate surface area is 118 Å². The highest BCUT2D eigenvalue weighted by atomic mass is 32.2. The number of ketones is 1. The molecule has 0 spiro atoms. The van der Waals surface area contributed by atoms with Gasteiger partial charge in [-0.25, -0.2) is 13.1 Å². The van der Waals surface area contributed by atoms with Crippen LogP contribution in [0.25, 0.3) is 0 Å². The van der Waals surface area contributed by atoms with Gasteiger partial charge >= 0.3 is 0 Å². The van der Waals surface area contributed by atoms with Gasteiger partial charge in [-0.05, 0) is 19.1 Å². The Bertz CT molecular complexity index is 588. The lowest BCUT2D eigenvalue weighted by Crippen LogP contribution is -2.26. The van der Waals surface area contributed by atoms with Gasteiger partial charge in [0.1, 0.15) is 0 Å². The van der Waals surface area contributed by atoms with Crippen molar-refractivity contribution in [3.05, 3.63) is 29.8 Å². The van der Waals surface area contributed by atoms with Crippen LogP contribution in [0.15, 0.2) is 29.2 Å². The molecule has 0 atom stereocenters. The molecule has 1 aromatic rings. The first-order valence-electron chi connectivity index (χ1n) is 5.59. The van der Waals surface area contributed by atoms with Crippen molar-refractivity contribution in [3.8, 4) is 12.3 Å². The van der Waals surface area contributed by atoms with E-state index in [4.69, 9.17) is 6.42 Å². The number of terminal acetylenes is 1. The number of rotatable bonds is 7. The van der Waals surface area contributed by atoms with E-state index in [1.807, 2.05) is 0 Å². The molecule has 1 N–H and O–H groups in total. The van der Waals surface area contributed by atoms with Gasteiger partial charge in [-0.3, -0.25) is 4.79 Å². The fourth-order valence-corrected chi connectivity index (χ4v) is 3.06. The number of Topliss-reactive ketones (excluding diaryl/α,β-unsaturated/α-hetero) is 1. The Balaban J connectivity index is 2.70. The summed E-state index contributed by atoms with van der Waals surface area (Å²) in [5.74, 6) is 3.46. The van der Waals surface area contributed by atoms with E-state index in [-0.39, 0.29) is 10.7 Å². The van der Waals surface area contributed by atoms with Gasteiger partial charge in [0.15, 0.2) is 5.78 Å². The fraction of sp³-hybridized carbons (Fsp3) is 0.308. The number of sulfonamides is 1. The van der Waals surface area contributed by atoms with Crippen LogP contribution in [0.4, 0.5) is 0 Å². The molecule has 0 unspecified atom stereocenters. The largest absolute Gasteiger partial charge is 0.295 e. The third kappa shape index (κ3) is 5.07. The molecule has 0 saturated carbocycles. The van der Waals surface area contributed by atoms with E-state index < -0.39 is 10.0 Å². The van der Waals surface area contributed by atoms with Crippen molar-refractivity contribution in [3.63, 3.8) is 0 Å². The first-order valence-corrected chi connectivity index (χ1v) is 8.23. The number of nitrogens with one attached hydrogen (secondary N) is 1. The van der Waals surface area contributed by atoms with Crippen molar-refractivity contribution in [2.24, 2.45) is 0 Å². The minimum Gasteiger partial charge on any atom is -0.295 e. The number of benzene rings is 1. The van der Waals surface area contributed by atoms with E-state index in [2.05, 4.69) is 10.6 Å². The van der Waals surface area contributed by atoms with Crippen LogP contribution < -0.4 is 4.72 Å². The van der Waals surface area contributed by atoms with Gasteiger partial charge in [-0.15, -0.1) is 18.2 Å². The third-order valence-corrected chi connectivity index (χ3v) is 4.60. The van der Waals surface area contributed by atoms with Gasteiger partial charge in [0.05, 0.1) is 10.6 Å². The van der Waals surface area contributed by atoms with Crippen LogP contribution in [0, 0.1) is 12.3 Å². The molecule has 0 fully saturated rings. The Morgan fingerprint density at radius 3 is 2.84 bits per heavy atom. The first-order chi connectivity index (χ1) is 8.97. The van der Waals surface area contributed by atoms with E-state index in [9.17, 15) is 13.2 Å². The van der Waals surface area contributed by atoms with Crippen LogP contribution in [0.5, 0.6) is 0 Å². The molecular weight excluding hydrogens is 282 g/mol. The van der Waals surface area contributed by atoms with Gasteiger partial charge < -0.3 is 0 Å². The molecule has 1 rings (SSSR count). The van der Waals surface area contributed by atoms with E-state index in [1.54, 1.807) is 12.1 Å². The number of carbonyl (C=O) groups excluding carboxylic acids is 1. The van der Waals surface area contributed by atoms with Crippen molar-refractivity contribution in [1.82, 2.24) is 4.72 Å². The standard InChI is InChI=1S/C13H15NO3S2/c1-3-8-18-9-7-14-19(16,17)13-6-4-5-12(10-13)11(2)15/h1,4-6,10,14H,7-9H2,2H3. The molecule has 0 aliphatic heterocycles. The smallest absolute Gasteiger partial charge is 0.240 e. The molecule has 0 heterocycles. The maximum Gasteiger partial charge on any atom is 0.240 e. The number of thioether (sulfide) groups is 1. The molecule has 0 aliphatic carbocycles. The average Bonchev–Trinajstić information content (AvgIpc) is 2.38. The van der Waals surface area contributed by atoms with Crippen LogP contribution in [-0.2, 0) is 10.0 Å². The topological polar surface area (TPSA) is 63.2 Å². The fourth-order valence-electron chi connectivity index (χ4n) is 1.34. The second kappa shape index (κ2) is 7.34. The molecular formula is C13H15NO3S2. The van der Waals surface area contributed by atoms with Crippen molar-refractivity contribution in [2.45, 2.75) is 11.8 Å². The summed E-state index contributed by atoms with van der Waals surface area (Å²) in [6.07, 6.45) is 5.09. The highest BCUT2D eigenvalue weighted by Crippen LogP contribution is 2.12. The first kappa shape index (κ1) is 15.8. The second-order valence-corrected chi connectivity index (χ2v) is 6.61. The summed E-state index contributed by atoms with van der Waals surface area (Å²) < 4.78 is 26.4. The molecule has 0 aliphatic rings. The number of hydrogen-bond acceptors (Lipinski definition) is 4. The molecule has 0 aromatic heterocycles. The van der Waals surface area contributed by atoms with Gasteiger partial charge in [0, 0.05) is 17.9 Å². The third-order valence-electron chi connectivity index (χ3n) is 2.27. The Kier molecular flexibility index (Phi) is 6.09. The summed E-state index contributed by atoms with van der Waals surface area (Å²) in [5, 5.41) is 0. The average molecular weight is 297 g/mol. The summed E-state index contributed by atoms with van der Waals surface area (Å²) >= 11 is 1.48. The van der Waals surface area contributed by atoms with Crippen molar-refractivity contribution < 1.29 is 13.2 Å². The van der Waals surface area contributed by atoms with E-state index >= 15 is 0 Å². The quantitative estimate of drug-likeness (QED) is 0.471. The predicted molar refractivity (Wildman–Crippen MR) is 77.8 cm³/mol. The maximum atomic E-state index is 12.0.